The van der Waals surface area contributed by atoms with Crippen molar-refractivity contribution in [1.82, 2.24) is 0 Å². The van der Waals surface area contributed by atoms with Gasteiger partial charge in [0.25, 0.3) is 0 Å². The molecule has 0 aromatic heterocycles. The van der Waals surface area contributed by atoms with E-state index in [1.165, 1.54) is 0 Å². The van der Waals surface area contributed by atoms with Crippen molar-refractivity contribution in [3.63, 3.8) is 0 Å². The Morgan fingerprint density at radius 1 is 1.00 bits per heavy atom. The minimum Gasteiger partial charge on any atom is -1.00 e. The summed E-state index contributed by atoms with van der Waals surface area (Å²) in [6.45, 7) is 0. The second-order valence-electron chi connectivity index (χ2n) is 0. The Balaban J connectivity index is 0. The summed E-state index contributed by atoms with van der Waals surface area (Å²) >= 11 is 0. The molecule has 0 aliphatic heterocycles. The van der Waals surface area contributed by atoms with Crippen LogP contribution in [0.1, 0.15) is 5.71 Å². The van der Waals surface area contributed by atoms with E-state index in [4.69, 9.17) is 0 Å². The molecule has 0 spiro atoms. The van der Waals surface area contributed by atoms with E-state index >= 15 is 0 Å². The molecular formula is H9AlMg2O. The summed E-state index contributed by atoms with van der Waals surface area (Å²) in [5.74, 6) is 0. The Morgan fingerprint density at radius 2 is 1.00 bits per heavy atom. The Kier molecular flexibility index (Phi) is 184. The zero-order valence-electron chi connectivity index (χ0n) is 5.91. The van der Waals surface area contributed by atoms with Crippen molar-refractivity contribution >= 4 is 63.5 Å². The van der Waals surface area contributed by atoms with Crippen molar-refractivity contribution in [3.8, 4) is 0 Å². The van der Waals surface area contributed by atoms with Gasteiger partial charge in [-0.25, -0.2) is 0 Å². The molecule has 0 fully saturated rings. The average molecular weight is 101 g/mol. The molecule has 0 heterocycles. The zero-order valence-corrected chi connectivity index (χ0v) is 4.74. The third kappa shape index (κ3) is 8.98. The van der Waals surface area contributed by atoms with Crippen LogP contribution in [0.4, 0.5) is 0 Å². The van der Waals surface area contributed by atoms with Gasteiger partial charge in [-0.3, -0.25) is 0 Å². The fourth-order valence-corrected chi connectivity index (χ4v) is 0. The predicted octanol–water partition coefficient (Wildman–Crippen LogP) is -2.32. The molecule has 0 saturated carbocycles. The van der Waals surface area contributed by atoms with Crippen LogP contribution >= 0.6 is 0 Å². The molecule has 2 N–H and O–H groups in total. The fraction of sp³-hybridized carbons (Fsp3) is 0. The average Bonchev–Trinajstić information content (AvgIpc) is 0. The van der Waals surface area contributed by atoms with Crippen LogP contribution in [0, 0.1) is 0 Å². The molecule has 0 saturated heterocycles. The summed E-state index contributed by atoms with van der Waals surface area (Å²) < 4.78 is 0. The molecule has 0 rings (SSSR count). The van der Waals surface area contributed by atoms with Gasteiger partial charge in [-0.2, -0.15) is 0 Å². The smallest absolute Gasteiger partial charge is 1.00 e. The number of hydrogen-bond acceptors (Lipinski definition) is 0. The van der Waals surface area contributed by atoms with Gasteiger partial charge in [-0.15, -0.1) is 0 Å². The van der Waals surface area contributed by atoms with E-state index in [0.29, 0.717) is 0 Å². The molecule has 0 aliphatic rings. The summed E-state index contributed by atoms with van der Waals surface area (Å²) in [7, 11) is 0. The summed E-state index contributed by atoms with van der Waals surface area (Å²) in [6.07, 6.45) is 0. The fourth-order valence-electron chi connectivity index (χ4n) is 0. The van der Waals surface area contributed by atoms with Gasteiger partial charge in [0.1, 0.15) is 0 Å². The number of rotatable bonds is 0. The van der Waals surface area contributed by atoms with Crippen molar-refractivity contribution < 1.29 is 11.2 Å². The topological polar surface area (TPSA) is 31.5 Å². The third-order valence-corrected chi connectivity index (χ3v) is 0. The maximum absolute atomic E-state index is 0. The first-order chi connectivity index (χ1) is 0. The van der Waals surface area contributed by atoms with Crippen LogP contribution in [0.2, 0.25) is 0 Å². The van der Waals surface area contributed by atoms with E-state index < -0.39 is 0 Å². The molecule has 0 unspecified atom stereocenters. The molecule has 0 atom stereocenters. The van der Waals surface area contributed by atoms with E-state index in [2.05, 4.69) is 0 Å². The summed E-state index contributed by atoms with van der Waals surface area (Å²) in [4.78, 5) is 0. The van der Waals surface area contributed by atoms with Gasteiger partial charge in [-0.05, 0) is 0 Å². The molecular weight excluding hydrogens is 91.6 g/mol. The molecule has 0 aliphatic carbocycles. The third-order valence-electron chi connectivity index (χ3n) is 0. The number of hydrogen-bond donors (Lipinski definition) is 0. The Labute approximate surface area is 74.2 Å². The quantitative estimate of drug-likeness (QED) is 0.306. The van der Waals surface area contributed by atoms with Gasteiger partial charge in [0.05, 0.1) is 0 Å². The molecule has 0 aromatic carbocycles. The molecule has 4 heavy (non-hydrogen) atoms. The van der Waals surface area contributed by atoms with Crippen LogP contribution in [0.25, 0.3) is 0 Å². The van der Waals surface area contributed by atoms with Crippen molar-refractivity contribution in [2.24, 2.45) is 0 Å². The first kappa shape index (κ1) is 37.1. The Hall–Kier alpha value is 2.02. The van der Waals surface area contributed by atoms with E-state index in [0.717, 1.165) is 0 Å². The van der Waals surface area contributed by atoms with Crippen LogP contribution in [0.5, 0.6) is 0 Å². The van der Waals surface area contributed by atoms with Gasteiger partial charge in [-0.1, -0.05) is 0 Å². The monoisotopic (exact) mass is 100 g/mol. The van der Waals surface area contributed by atoms with Gasteiger partial charge in [0.2, 0.25) is 0 Å². The van der Waals surface area contributed by atoms with Crippen LogP contribution in [0.15, 0.2) is 0 Å². The molecule has 0 radical (unpaired) electrons. The molecule has 22 valence electrons. The molecule has 1 nitrogen and oxygen atoms in total. The zero-order chi connectivity index (χ0) is 0. The van der Waals surface area contributed by atoms with Crippen LogP contribution in [-0.2, 0) is 0 Å². The molecule has 4 heteroatoms. The van der Waals surface area contributed by atoms with Gasteiger partial charge < -0.3 is 11.2 Å². The van der Waals surface area contributed by atoms with E-state index in [1.807, 2.05) is 0 Å². The minimum absolute atomic E-state index is 0. The first-order valence-electron chi connectivity index (χ1n) is 0. The maximum Gasteiger partial charge on any atom is 2.00 e. The van der Waals surface area contributed by atoms with E-state index in [1.54, 1.807) is 0 Å². The van der Waals surface area contributed by atoms with E-state index in [-0.39, 0.29) is 74.6 Å². The first-order valence-corrected chi connectivity index (χ1v) is 0. The van der Waals surface area contributed by atoms with E-state index in [9.17, 15) is 0 Å². The second-order valence-corrected chi connectivity index (χ2v) is 0. The van der Waals surface area contributed by atoms with Crippen LogP contribution in [0.3, 0.4) is 0 Å². The maximum atomic E-state index is 0. The minimum atomic E-state index is 0. The normalized spacial score (nSPS) is 0. The van der Waals surface area contributed by atoms with Crippen LogP contribution in [-0.4, -0.2) is 68.9 Å². The molecule has 0 bridgehead atoms. The summed E-state index contributed by atoms with van der Waals surface area (Å²) in [6, 6.07) is 0. The van der Waals surface area contributed by atoms with Crippen molar-refractivity contribution in [2.45, 2.75) is 0 Å². The summed E-state index contributed by atoms with van der Waals surface area (Å²) in [5.41, 5.74) is 0. The van der Waals surface area contributed by atoms with Gasteiger partial charge in [0.15, 0.2) is 17.4 Å². The largest absolute Gasteiger partial charge is 2.00 e. The van der Waals surface area contributed by atoms with Gasteiger partial charge in [0, 0.05) is 0 Å². The molecule has 0 amide bonds. The Bertz CT molecular complexity index is 14.0. The standard InChI is InChI=1S/Al.2Mg.H2O.7H/h;;;1H2;;;;;;;/q;2*+2;;;;;4*-1. The van der Waals surface area contributed by atoms with Crippen molar-refractivity contribution in [1.29, 1.82) is 0 Å². The van der Waals surface area contributed by atoms with Crippen molar-refractivity contribution in [2.75, 3.05) is 0 Å². The Morgan fingerprint density at radius 3 is 1.00 bits per heavy atom. The SMILES string of the molecule is O.[AlH3].[H-].[H-].[H-].[H-].[Mg+2].[Mg+2]. The van der Waals surface area contributed by atoms with Gasteiger partial charge >= 0.3 is 46.1 Å². The molecule has 0 aromatic rings. The van der Waals surface area contributed by atoms with Crippen LogP contribution < -0.4 is 0 Å². The second kappa shape index (κ2) is 19.9. The summed E-state index contributed by atoms with van der Waals surface area (Å²) in [5, 5.41) is 0. The predicted molar refractivity (Wildman–Crippen MR) is 29.5 cm³/mol. The van der Waals surface area contributed by atoms with Crippen molar-refractivity contribution in [3.05, 3.63) is 0 Å².